The highest BCUT2D eigenvalue weighted by Crippen LogP contribution is 2.35. The summed E-state index contributed by atoms with van der Waals surface area (Å²) in [5, 5.41) is 14.8. The number of pyridine rings is 1. The SMILES string of the molecule is Nc1c2ccc(N=O)cc2nc2cccc([N+](=O)[O-])c12. The molecule has 0 saturated heterocycles. The Morgan fingerprint density at radius 3 is 2.70 bits per heavy atom. The van der Waals surface area contributed by atoms with Crippen LogP contribution < -0.4 is 5.73 Å². The molecule has 2 aromatic carbocycles. The molecule has 0 atom stereocenters. The fourth-order valence-electron chi connectivity index (χ4n) is 2.21. The van der Waals surface area contributed by atoms with E-state index < -0.39 is 4.92 Å². The van der Waals surface area contributed by atoms with E-state index in [-0.39, 0.29) is 17.1 Å². The Morgan fingerprint density at radius 1 is 1.20 bits per heavy atom. The number of nitroso groups, excluding NO2 is 1. The summed E-state index contributed by atoms with van der Waals surface area (Å²) in [5.74, 6) is 0. The second-order valence-electron chi connectivity index (χ2n) is 4.25. The Kier molecular flexibility index (Phi) is 2.53. The van der Waals surface area contributed by atoms with Crippen molar-refractivity contribution in [3.63, 3.8) is 0 Å². The van der Waals surface area contributed by atoms with Crippen LogP contribution in [0.4, 0.5) is 17.1 Å². The van der Waals surface area contributed by atoms with E-state index in [1.807, 2.05) is 0 Å². The van der Waals surface area contributed by atoms with Gasteiger partial charge in [0, 0.05) is 11.5 Å². The standard InChI is InChI=1S/C13H8N4O3/c14-13-8-5-4-7(16-18)6-10(8)15-9-2-1-3-11(12(9)13)17(19)20/h1-6H,(H2,14,15). The number of nitrogens with two attached hydrogens (primary N) is 1. The maximum absolute atomic E-state index is 11.1. The number of nitrogens with zero attached hydrogens (tertiary/aromatic N) is 3. The molecule has 3 aromatic rings. The van der Waals surface area contributed by atoms with Crippen molar-refractivity contribution in [2.75, 3.05) is 5.73 Å². The van der Waals surface area contributed by atoms with Crippen molar-refractivity contribution < 1.29 is 4.92 Å². The third kappa shape index (κ3) is 1.64. The van der Waals surface area contributed by atoms with Crippen LogP contribution in [0, 0.1) is 15.0 Å². The van der Waals surface area contributed by atoms with Crippen molar-refractivity contribution in [2.24, 2.45) is 5.18 Å². The quantitative estimate of drug-likeness (QED) is 0.331. The van der Waals surface area contributed by atoms with Gasteiger partial charge in [-0.1, -0.05) is 6.07 Å². The molecule has 0 unspecified atom stereocenters. The number of aromatic nitrogens is 1. The van der Waals surface area contributed by atoms with Gasteiger partial charge in [0.1, 0.15) is 11.1 Å². The molecule has 0 bridgehead atoms. The number of hydrogen-bond acceptors (Lipinski definition) is 6. The van der Waals surface area contributed by atoms with Crippen molar-refractivity contribution in [3.8, 4) is 0 Å². The summed E-state index contributed by atoms with van der Waals surface area (Å²) in [5.41, 5.74) is 7.33. The smallest absolute Gasteiger partial charge is 0.280 e. The normalized spacial score (nSPS) is 10.8. The summed E-state index contributed by atoms with van der Waals surface area (Å²) < 4.78 is 0. The number of nitro benzene ring substituents is 1. The predicted molar refractivity (Wildman–Crippen MR) is 75.8 cm³/mol. The molecule has 3 rings (SSSR count). The van der Waals surface area contributed by atoms with Gasteiger partial charge < -0.3 is 5.73 Å². The molecule has 7 nitrogen and oxygen atoms in total. The zero-order valence-corrected chi connectivity index (χ0v) is 10.1. The molecule has 7 heteroatoms. The average molecular weight is 268 g/mol. The summed E-state index contributed by atoms with van der Waals surface area (Å²) in [6, 6.07) is 9.14. The third-order valence-corrected chi connectivity index (χ3v) is 3.10. The third-order valence-electron chi connectivity index (χ3n) is 3.10. The molecule has 98 valence electrons. The first kappa shape index (κ1) is 12.0. The van der Waals surface area contributed by atoms with Crippen molar-refractivity contribution in [3.05, 3.63) is 51.4 Å². The Bertz CT molecular complexity index is 876. The summed E-state index contributed by atoms with van der Waals surface area (Å²) in [7, 11) is 0. The number of rotatable bonds is 2. The monoisotopic (exact) mass is 268 g/mol. The van der Waals surface area contributed by atoms with Crippen molar-refractivity contribution in [1.82, 2.24) is 4.98 Å². The first-order chi connectivity index (χ1) is 9.61. The summed E-state index contributed by atoms with van der Waals surface area (Å²) in [4.78, 5) is 25.4. The molecule has 20 heavy (non-hydrogen) atoms. The number of non-ortho nitro benzene ring substituents is 1. The summed E-state index contributed by atoms with van der Waals surface area (Å²) in [6.45, 7) is 0. The molecule has 0 fully saturated rings. The molecule has 0 radical (unpaired) electrons. The van der Waals surface area contributed by atoms with E-state index in [0.717, 1.165) is 0 Å². The molecule has 0 aliphatic heterocycles. The maximum atomic E-state index is 11.1. The molecule has 0 saturated carbocycles. The van der Waals surface area contributed by atoms with Crippen LogP contribution in [-0.4, -0.2) is 9.91 Å². The van der Waals surface area contributed by atoms with Crippen molar-refractivity contribution in [1.29, 1.82) is 0 Å². The van der Waals surface area contributed by atoms with Crippen molar-refractivity contribution >= 4 is 38.9 Å². The minimum Gasteiger partial charge on any atom is -0.397 e. The predicted octanol–water partition coefficient (Wildman–Crippen LogP) is 3.28. The Balaban J connectivity index is 2.50. The number of nitro groups is 1. The number of fused-ring (bicyclic) bond motifs is 2. The zero-order chi connectivity index (χ0) is 14.3. The topological polar surface area (TPSA) is 111 Å². The second kappa shape index (κ2) is 4.23. The molecule has 0 spiro atoms. The Morgan fingerprint density at radius 2 is 2.00 bits per heavy atom. The van der Waals surface area contributed by atoms with Crippen LogP contribution in [-0.2, 0) is 0 Å². The highest BCUT2D eigenvalue weighted by atomic mass is 16.6. The fourth-order valence-corrected chi connectivity index (χ4v) is 2.21. The highest BCUT2D eigenvalue weighted by molar-refractivity contribution is 6.10. The van der Waals surface area contributed by atoms with E-state index in [1.54, 1.807) is 18.2 Å². The molecular weight excluding hydrogens is 260 g/mol. The van der Waals surface area contributed by atoms with Gasteiger partial charge in [-0.15, -0.1) is 4.91 Å². The molecule has 1 heterocycles. The van der Waals surface area contributed by atoms with Gasteiger partial charge in [0.25, 0.3) is 5.69 Å². The van der Waals surface area contributed by atoms with Gasteiger partial charge in [-0.2, -0.15) is 0 Å². The number of benzene rings is 2. The number of nitrogen functional groups attached to an aromatic ring is 1. The van der Waals surface area contributed by atoms with E-state index >= 15 is 0 Å². The van der Waals surface area contributed by atoms with Gasteiger partial charge in [0.15, 0.2) is 0 Å². The van der Waals surface area contributed by atoms with E-state index in [0.29, 0.717) is 21.8 Å². The van der Waals surface area contributed by atoms with E-state index in [1.165, 1.54) is 18.2 Å². The fraction of sp³-hybridized carbons (Fsp3) is 0. The van der Waals surface area contributed by atoms with Crippen LogP contribution in [0.5, 0.6) is 0 Å². The second-order valence-corrected chi connectivity index (χ2v) is 4.25. The van der Waals surface area contributed by atoms with E-state index in [2.05, 4.69) is 10.2 Å². The molecule has 0 aliphatic rings. The molecule has 2 N–H and O–H groups in total. The van der Waals surface area contributed by atoms with Gasteiger partial charge in [0.05, 0.1) is 21.6 Å². The molecular formula is C13H8N4O3. The van der Waals surface area contributed by atoms with Gasteiger partial charge in [-0.05, 0) is 29.4 Å². The summed E-state index contributed by atoms with van der Waals surface area (Å²) in [6.07, 6.45) is 0. The van der Waals surface area contributed by atoms with Crippen LogP contribution in [0.15, 0.2) is 41.6 Å². The van der Waals surface area contributed by atoms with Crippen molar-refractivity contribution in [2.45, 2.75) is 0 Å². The lowest BCUT2D eigenvalue weighted by Crippen LogP contribution is -1.97. The van der Waals surface area contributed by atoms with Crippen LogP contribution >= 0.6 is 0 Å². The van der Waals surface area contributed by atoms with Gasteiger partial charge in [-0.3, -0.25) is 10.1 Å². The molecule has 0 amide bonds. The minimum absolute atomic E-state index is 0.0908. The average Bonchev–Trinajstić information content (AvgIpc) is 2.46. The van der Waals surface area contributed by atoms with Gasteiger partial charge >= 0.3 is 0 Å². The Hall–Kier alpha value is -3.09. The van der Waals surface area contributed by atoms with Crippen LogP contribution in [0.3, 0.4) is 0 Å². The molecule has 0 aliphatic carbocycles. The van der Waals surface area contributed by atoms with Crippen LogP contribution in [0.1, 0.15) is 0 Å². The van der Waals surface area contributed by atoms with Gasteiger partial charge in [0.2, 0.25) is 0 Å². The first-order valence-electron chi connectivity index (χ1n) is 5.71. The minimum atomic E-state index is -0.493. The lowest BCUT2D eigenvalue weighted by atomic mass is 10.1. The summed E-state index contributed by atoms with van der Waals surface area (Å²) >= 11 is 0. The lowest BCUT2D eigenvalue weighted by Gasteiger charge is -2.07. The number of anilines is 1. The zero-order valence-electron chi connectivity index (χ0n) is 10.1. The maximum Gasteiger partial charge on any atom is 0.280 e. The van der Waals surface area contributed by atoms with Crippen LogP contribution in [0.25, 0.3) is 21.8 Å². The highest BCUT2D eigenvalue weighted by Gasteiger charge is 2.17. The van der Waals surface area contributed by atoms with E-state index in [4.69, 9.17) is 5.73 Å². The lowest BCUT2D eigenvalue weighted by molar-refractivity contribution is -0.383. The first-order valence-corrected chi connectivity index (χ1v) is 5.71. The largest absolute Gasteiger partial charge is 0.397 e. The van der Waals surface area contributed by atoms with Gasteiger partial charge in [-0.25, -0.2) is 4.98 Å². The number of hydrogen-bond donors (Lipinski definition) is 1. The van der Waals surface area contributed by atoms with Crippen LogP contribution in [0.2, 0.25) is 0 Å². The Labute approximate surface area is 112 Å². The molecule has 1 aromatic heterocycles. The van der Waals surface area contributed by atoms with E-state index in [9.17, 15) is 15.0 Å².